The lowest BCUT2D eigenvalue weighted by Crippen LogP contribution is -2.33. The number of hydrogen-bond donors (Lipinski definition) is 2. The van der Waals surface area contributed by atoms with Crippen LogP contribution < -0.4 is 10.1 Å². The van der Waals surface area contributed by atoms with Gasteiger partial charge in [0, 0.05) is 12.6 Å². The van der Waals surface area contributed by atoms with Crippen molar-refractivity contribution >= 4 is 0 Å². The van der Waals surface area contributed by atoms with E-state index in [0.29, 0.717) is 6.54 Å². The Balaban J connectivity index is 1.72. The third-order valence-electron chi connectivity index (χ3n) is 3.42. The SMILES string of the molecule is Cc1ccc(OC[C@@H](O)CN[C@@H](C)c2ccccc2)cc1. The lowest BCUT2D eigenvalue weighted by molar-refractivity contribution is 0.104. The molecule has 0 heterocycles. The Morgan fingerprint density at radius 2 is 1.71 bits per heavy atom. The van der Waals surface area contributed by atoms with Crippen LogP contribution in [0.25, 0.3) is 0 Å². The Kier molecular flexibility index (Phi) is 5.78. The lowest BCUT2D eigenvalue weighted by atomic mass is 10.1. The number of benzene rings is 2. The molecule has 0 amide bonds. The molecule has 3 nitrogen and oxygen atoms in total. The van der Waals surface area contributed by atoms with E-state index < -0.39 is 6.10 Å². The first-order valence-electron chi connectivity index (χ1n) is 7.31. The first-order valence-corrected chi connectivity index (χ1v) is 7.31. The quantitative estimate of drug-likeness (QED) is 0.821. The Bertz CT molecular complexity index is 525. The Morgan fingerprint density at radius 3 is 2.38 bits per heavy atom. The summed E-state index contributed by atoms with van der Waals surface area (Å²) < 4.78 is 5.57. The van der Waals surface area contributed by atoms with Gasteiger partial charge in [-0.1, -0.05) is 48.0 Å². The van der Waals surface area contributed by atoms with E-state index in [0.717, 1.165) is 5.75 Å². The average molecular weight is 285 g/mol. The van der Waals surface area contributed by atoms with E-state index in [1.165, 1.54) is 11.1 Å². The Labute approximate surface area is 126 Å². The van der Waals surface area contributed by atoms with Gasteiger partial charge < -0.3 is 15.2 Å². The van der Waals surface area contributed by atoms with Gasteiger partial charge in [0.15, 0.2) is 0 Å². The monoisotopic (exact) mass is 285 g/mol. The van der Waals surface area contributed by atoms with E-state index in [1.807, 2.05) is 49.4 Å². The second kappa shape index (κ2) is 7.81. The summed E-state index contributed by atoms with van der Waals surface area (Å²) in [7, 11) is 0. The summed E-state index contributed by atoms with van der Waals surface area (Å²) in [5.74, 6) is 0.788. The summed E-state index contributed by atoms with van der Waals surface area (Å²) in [6.07, 6.45) is -0.530. The number of ether oxygens (including phenoxy) is 1. The molecular weight excluding hydrogens is 262 g/mol. The van der Waals surface area contributed by atoms with Crippen molar-refractivity contribution in [3.05, 3.63) is 65.7 Å². The highest BCUT2D eigenvalue weighted by molar-refractivity contribution is 5.26. The van der Waals surface area contributed by atoms with Crippen LogP contribution in [0.4, 0.5) is 0 Å². The molecule has 0 bridgehead atoms. The minimum absolute atomic E-state index is 0.209. The van der Waals surface area contributed by atoms with Crippen molar-refractivity contribution in [2.24, 2.45) is 0 Å². The number of hydrogen-bond acceptors (Lipinski definition) is 3. The fourth-order valence-electron chi connectivity index (χ4n) is 2.06. The predicted molar refractivity (Wildman–Crippen MR) is 85.5 cm³/mol. The van der Waals surface area contributed by atoms with Crippen LogP contribution in [-0.2, 0) is 0 Å². The molecule has 0 spiro atoms. The van der Waals surface area contributed by atoms with Crippen molar-refractivity contribution in [2.45, 2.75) is 26.0 Å². The zero-order valence-electron chi connectivity index (χ0n) is 12.6. The van der Waals surface area contributed by atoms with Gasteiger partial charge in [0.2, 0.25) is 0 Å². The minimum atomic E-state index is -0.530. The van der Waals surface area contributed by atoms with Crippen LogP contribution in [0.1, 0.15) is 24.1 Å². The number of aliphatic hydroxyl groups is 1. The van der Waals surface area contributed by atoms with Crippen molar-refractivity contribution in [1.82, 2.24) is 5.32 Å². The average Bonchev–Trinajstić information content (AvgIpc) is 2.53. The van der Waals surface area contributed by atoms with E-state index in [1.54, 1.807) is 0 Å². The highest BCUT2D eigenvalue weighted by Crippen LogP contribution is 2.12. The van der Waals surface area contributed by atoms with Gasteiger partial charge in [-0.15, -0.1) is 0 Å². The van der Waals surface area contributed by atoms with E-state index in [-0.39, 0.29) is 12.6 Å². The molecule has 2 atom stereocenters. The van der Waals surface area contributed by atoms with Gasteiger partial charge in [-0.3, -0.25) is 0 Å². The summed E-state index contributed by atoms with van der Waals surface area (Å²) >= 11 is 0. The third-order valence-corrected chi connectivity index (χ3v) is 3.42. The molecule has 2 aromatic carbocycles. The summed E-state index contributed by atoms with van der Waals surface area (Å²) in [5.41, 5.74) is 2.41. The van der Waals surface area contributed by atoms with E-state index in [4.69, 9.17) is 4.74 Å². The standard InChI is InChI=1S/C18H23NO2/c1-14-8-10-18(11-9-14)21-13-17(20)12-19-15(2)16-6-4-3-5-7-16/h3-11,15,17,19-20H,12-13H2,1-2H3/t15-,17-/m0/s1. The summed E-state index contributed by atoms with van der Waals surface area (Å²) in [5, 5.41) is 13.3. The highest BCUT2D eigenvalue weighted by atomic mass is 16.5. The molecule has 0 aromatic heterocycles. The molecule has 0 fully saturated rings. The van der Waals surface area contributed by atoms with Gasteiger partial charge in [0.25, 0.3) is 0 Å². The molecule has 0 saturated heterocycles. The van der Waals surface area contributed by atoms with Crippen molar-refractivity contribution in [3.63, 3.8) is 0 Å². The maximum Gasteiger partial charge on any atom is 0.119 e. The fraction of sp³-hybridized carbons (Fsp3) is 0.333. The van der Waals surface area contributed by atoms with Crippen molar-refractivity contribution in [1.29, 1.82) is 0 Å². The molecule has 0 saturated carbocycles. The largest absolute Gasteiger partial charge is 0.491 e. The summed E-state index contributed by atoms with van der Waals surface area (Å²) in [6.45, 7) is 4.91. The minimum Gasteiger partial charge on any atom is -0.491 e. The van der Waals surface area contributed by atoms with Crippen molar-refractivity contribution < 1.29 is 9.84 Å². The van der Waals surface area contributed by atoms with Gasteiger partial charge in [0.05, 0.1) is 0 Å². The zero-order chi connectivity index (χ0) is 15.1. The number of aryl methyl sites for hydroxylation is 1. The van der Waals surface area contributed by atoms with Crippen LogP contribution >= 0.6 is 0 Å². The Hall–Kier alpha value is -1.84. The molecule has 0 aliphatic heterocycles. The summed E-state index contributed by atoms with van der Waals surface area (Å²) in [6, 6.07) is 18.2. The molecule has 2 aromatic rings. The molecule has 0 aliphatic carbocycles. The zero-order valence-corrected chi connectivity index (χ0v) is 12.6. The van der Waals surface area contributed by atoms with Gasteiger partial charge in [-0.2, -0.15) is 0 Å². The topological polar surface area (TPSA) is 41.5 Å². The molecule has 112 valence electrons. The molecule has 0 unspecified atom stereocenters. The molecule has 0 radical (unpaired) electrons. The number of nitrogens with one attached hydrogen (secondary N) is 1. The maximum atomic E-state index is 9.97. The van der Waals surface area contributed by atoms with Gasteiger partial charge >= 0.3 is 0 Å². The first-order chi connectivity index (χ1) is 10.1. The van der Waals surface area contributed by atoms with Crippen molar-refractivity contribution in [2.75, 3.05) is 13.2 Å². The molecule has 2 N–H and O–H groups in total. The maximum absolute atomic E-state index is 9.97. The van der Waals surface area contributed by atoms with E-state index in [2.05, 4.69) is 24.4 Å². The van der Waals surface area contributed by atoms with Crippen LogP contribution in [0.5, 0.6) is 5.75 Å². The smallest absolute Gasteiger partial charge is 0.119 e. The second-order valence-electron chi connectivity index (χ2n) is 5.32. The molecule has 3 heteroatoms. The molecule has 21 heavy (non-hydrogen) atoms. The van der Waals surface area contributed by atoms with Crippen LogP contribution in [0.15, 0.2) is 54.6 Å². The Morgan fingerprint density at radius 1 is 1.05 bits per heavy atom. The van der Waals surface area contributed by atoms with Crippen LogP contribution in [0, 0.1) is 6.92 Å². The predicted octanol–water partition coefficient (Wildman–Crippen LogP) is 3.09. The van der Waals surface area contributed by atoms with Crippen molar-refractivity contribution in [3.8, 4) is 5.75 Å². The van der Waals surface area contributed by atoms with Gasteiger partial charge in [-0.05, 0) is 31.5 Å². The fourth-order valence-corrected chi connectivity index (χ4v) is 2.06. The third kappa shape index (κ3) is 5.21. The highest BCUT2D eigenvalue weighted by Gasteiger charge is 2.09. The van der Waals surface area contributed by atoms with E-state index in [9.17, 15) is 5.11 Å². The van der Waals surface area contributed by atoms with Crippen LogP contribution in [-0.4, -0.2) is 24.4 Å². The molecule has 2 rings (SSSR count). The molecule has 0 aliphatic rings. The van der Waals surface area contributed by atoms with Crippen LogP contribution in [0.2, 0.25) is 0 Å². The van der Waals surface area contributed by atoms with Gasteiger partial charge in [0.1, 0.15) is 18.5 Å². The molecular formula is C18H23NO2. The summed E-state index contributed by atoms with van der Waals surface area (Å²) in [4.78, 5) is 0. The number of rotatable bonds is 7. The normalized spacial score (nSPS) is 13.7. The lowest BCUT2D eigenvalue weighted by Gasteiger charge is -2.18. The van der Waals surface area contributed by atoms with E-state index >= 15 is 0 Å². The first kappa shape index (κ1) is 15.5. The number of aliphatic hydroxyl groups excluding tert-OH is 1. The van der Waals surface area contributed by atoms with Crippen LogP contribution in [0.3, 0.4) is 0 Å². The second-order valence-corrected chi connectivity index (χ2v) is 5.32. The van der Waals surface area contributed by atoms with Gasteiger partial charge in [-0.25, -0.2) is 0 Å².